The Labute approximate surface area is 88.7 Å². The van der Waals surface area contributed by atoms with E-state index >= 15 is 0 Å². The molecule has 0 N–H and O–H groups in total. The van der Waals surface area contributed by atoms with Crippen LogP contribution in [0, 0.1) is 0 Å². The Hall–Kier alpha value is -0.880. The summed E-state index contributed by atoms with van der Waals surface area (Å²) in [5.74, 6) is 0.491. The van der Waals surface area contributed by atoms with Crippen molar-refractivity contribution in [3.8, 4) is 0 Å². The lowest BCUT2D eigenvalue weighted by molar-refractivity contribution is -0.110. The SMILES string of the molecule is COC1=C2SC(=O)C(OC)=C2SC1=O. The van der Waals surface area contributed by atoms with Crippen molar-refractivity contribution in [2.24, 2.45) is 0 Å². The number of methoxy groups -OCH3 is 2. The minimum absolute atomic E-state index is 0.174. The number of fused-ring (bicyclic) bond motifs is 1. The first kappa shape index (κ1) is 9.67. The second-order valence-corrected chi connectivity index (χ2v) is 4.47. The third-order valence-electron chi connectivity index (χ3n) is 1.79. The molecule has 2 aliphatic heterocycles. The number of ether oxygens (including phenoxy) is 2. The molecule has 0 unspecified atom stereocenters. The van der Waals surface area contributed by atoms with Gasteiger partial charge in [-0.15, -0.1) is 0 Å². The van der Waals surface area contributed by atoms with Crippen LogP contribution in [-0.4, -0.2) is 24.5 Å². The predicted molar refractivity (Wildman–Crippen MR) is 53.3 cm³/mol. The Bertz CT molecular complexity index is 356. The van der Waals surface area contributed by atoms with Crippen molar-refractivity contribution in [2.75, 3.05) is 14.2 Å². The van der Waals surface area contributed by atoms with Crippen LogP contribution in [0.4, 0.5) is 0 Å². The van der Waals surface area contributed by atoms with Crippen molar-refractivity contribution < 1.29 is 19.1 Å². The number of carbonyl (C=O) groups is 2. The standard InChI is InChI=1S/C8H6O4S2/c1-11-3-5-6(14-7(3)9)4(12-2)8(10)13-5/h1-2H3. The summed E-state index contributed by atoms with van der Waals surface area (Å²) in [6.07, 6.45) is 0. The van der Waals surface area contributed by atoms with Gasteiger partial charge in [0.1, 0.15) is 0 Å². The van der Waals surface area contributed by atoms with E-state index in [4.69, 9.17) is 9.47 Å². The monoisotopic (exact) mass is 230 g/mol. The van der Waals surface area contributed by atoms with Crippen molar-refractivity contribution in [1.29, 1.82) is 0 Å². The molecule has 0 saturated carbocycles. The molecule has 2 aliphatic rings. The summed E-state index contributed by atoms with van der Waals surface area (Å²) in [5.41, 5.74) is 0. The van der Waals surface area contributed by atoms with Crippen LogP contribution in [0.5, 0.6) is 0 Å². The molecule has 14 heavy (non-hydrogen) atoms. The number of hydrogen-bond acceptors (Lipinski definition) is 6. The van der Waals surface area contributed by atoms with Gasteiger partial charge in [-0.05, 0) is 23.5 Å². The summed E-state index contributed by atoms with van der Waals surface area (Å²) < 4.78 is 9.85. The second-order valence-electron chi connectivity index (χ2n) is 2.50. The van der Waals surface area contributed by atoms with Gasteiger partial charge >= 0.3 is 0 Å². The molecule has 0 aliphatic carbocycles. The minimum atomic E-state index is -0.174. The van der Waals surface area contributed by atoms with E-state index in [1.54, 1.807) is 0 Å². The van der Waals surface area contributed by atoms with Gasteiger partial charge in [0.25, 0.3) is 10.2 Å². The minimum Gasteiger partial charge on any atom is -0.491 e. The van der Waals surface area contributed by atoms with Crippen molar-refractivity contribution in [3.63, 3.8) is 0 Å². The molecule has 2 heterocycles. The molecule has 0 atom stereocenters. The lowest BCUT2D eigenvalue weighted by Crippen LogP contribution is -1.98. The first-order valence-corrected chi connectivity index (χ1v) is 5.33. The van der Waals surface area contributed by atoms with E-state index in [-0.39, 0.29) is 21.7 Å². The second kappa shape index (κ2) is 3.36. The smallest absolute Gasteiger partial charge is 0.260 e. The molecular formula is C8H6O4S2. The molecule has 0 aromatic carbocycles. The van der Waals surface area contributed by atoms with Crippen molar-refractivity contribution in [2.45, 2.75) is 0 Å². The Kier molecular flexibility index (Phi) is 2.32. The van der Waals surface area contributed by atoms with Gasteiger partial charge in [0.15, 0.2) is 11.5 Å². The highest BCUT2D eigenvalue weighted by Gasteiger charge is 2.41. The zero-order valence-electron chi connectivity index (χ0n) is 7.45. The van der Waals surface area contributed by atoms with E-state index in [1.165, 1.54) is 14.2 Å². The number of hydrogen-bond donors (Lipinski definition) is 0. The third-order valence-corrected chi connectivity index (χ3v) is 3.85. The van der Waals surface area contributed by atoms with Crippen LogP contribution in [0.3, 0.4) is 0 Å². The summed E-state index contributed by atoms with van der Waals surface area (Å²) in [6, 6.07) is 0. The molecule has 0 saturated heterocycles. The maximum absolute atomic E-state index is 11.4. The average molecular weight is 230 g/mol. The first-order chi connectivity index (χ1) is 6.69. The van der Waals surface area contributed by atoms with Gasteiger partial charge in [-0.3, -0.25) is 9.59 Å². The highest BCUT2D eigenvalue weighted by Crippen LogP contribution is 2.51. The molecule has 4 nitrogen and oxygen atoms in total. The summed E-state index contributed by atoms with van der Waals surface area (Å²) in [7, 11) is 2.83. The largest absolute Gasteiger partial charge is 0.491 e. The number of carbonyl (C=O) groups excluding carboxylic acids is 2. The van der Waals surface area contributed by atoms with Gasteiger partial charge in [0.2, 0.25) is 0 Å². The lowest BCUT2D eigenvalue weighted by Gasteiger charge is -1.98. The molecular weight excluding hydrogens is 224 g/mol. The van der Waals surface area contributed by atoms with E-state index in [0.717, 1.165) is 23.5 Å². The van der Waals surface area contributed by atoms with Gasteiger partial charge in [0, 0.05) is 0 Å². The normalized spacial score (nSPS) is 20.7. The van der Waals surface area contributed by atoms with Gasteiger partial charge in [-0.25, -0.2) is 0 Å². The topological polar surface area (TPSA) is 52.6 Å². The maximum atomic E-state index is 11.4. The van der Waals surface area contributed by atoms with Crippen LogP contribution in [0.1, 0.15) is 0 Å². The van der Waals surface area contributed by atoms with Crippen LogP contribution in [0.25, 0.3) is 0 Å². The zero-order valence-corrected chi connectivity index (χ0v) is 9.08. The highest BCUT2D eigenvalue weighted by atomic mass is 32.2. The average Bonchev–Trinajstić information content (AvgIpc) is 2.58. The molecule has 0 fully saturated rings. The summed E-state index contributed by atoms with van der Waals surface area (Å²) in [6.45, 7) is 0. The van der Waals surface area contributed by atoms with Crippen LogP contribution in [0.15, 0.2) is 21.3 Å². The van der Waals surface area contributed by atoms with E-state index in [2.05, 4.69) is 0 Å². The fourth-order valence-corrected chi connectivity index (χ4v) is 3.42. The molecule has 6 heteroatoms. The molecule has 2 rings (SSSR count). The highest BCUT2D eigenvalue weighted by molar-refractivity contribution is 8.24. The van der Waals surface area contributed by atoms with Crippen LogP contribution in [-0.2, 0) is 19.1 Å². The summed E-state index contributed by atoms with van der Waals surface area (Å²) >= 11 is 1.96. The predicted octanol–water partition coefficient (Wildman–Crippen LogP) is 1.25. The number of thioether (sulfide) groups is 2. The fraction of sp³-hybridized carbons (Fsp3) is 0.250. The van der Waals surface area contributed by atoms with Crippen LogP contribution < -0.4 is 0 Å². The van der Waals surface area contributed by atoms with Gasteiger partial charge in [-0.2, -0.15) is 0 Å². The Morgan fingerprint density at radius 3 is 1.50 bits per heavy atom. The van der Waals surface area contributed by atoms with Crippen molar-refractivity contribution >= 4 is 33.8 Å². The van der Waals surface area contributed by atoms with Gasteiger partial charge < -0.3 is 9.47 Å². The van der Waals surface area contributed by atoms with Gasteiger partial charge in [-0.1, -0.05) is 0 Å². The maximum Gasteiger partial charge on any atom is 0.260 e. The molecule has 0 aromatic heterocycles. The van der Waals surface area contributed by atoms with Crippen LogP contribution in [0.2, 0.25) is 0 Å². The Morgan fingerprint density at radius 1 is 0.857 bits per heavy atom. The molecule has 0 aromatic rings. The molecule has 0 bridgehead atoms. The van der Waals surface area contributed by atoms with Gasteiger partial charge in [0.05, 0.1) is 24.0 Å². The first-order valence-electron chi connectivity index (χ1n) is 3.70. The van der Waals surface area contributed by atoms with E-state index in [9.17, 15) is 9.59 Å². The summed E-state index contributed by atoms with van der Waals surface area (Å²) in [4.78, 5) is 23.9. The van der Waals surface area contributed by atoms with E-state index in [0.29, 0.717) is 9.81 Å². The van der Waals surface area contributed by atoms with Crippen molar-refractivity contribution in [3.05, 3.63) is 21.3 Å². The summed E-state index contributed by atoms with van der Waals surface area (Å²) in [5, 5.41) is -0.348. The molecule has 0 radical (unpaired) electrons. The quantitative estimate of drug-likeness (QED) is 0.711. The van der Waals surface area contributed by atoms with E-state index < -0.39 is 0 Å². The fourth-order valence-electron chi connectivity index (χ4n) is 1.21. The lowest BCUT2D eigenvalue weighted by atomic mass is 10.4. The third kappa shape index (κ3) is 1.18. The molecule has 74 valence electrons. The zero-order chi connectivity index (χ0) is 10.3. The van der Waals surface area contributed by atoms with Crippen molar-refractivity contribution in [1.82, 2.24) is 0 Å². The number of rotatable bonds is 2. The van der Waals surface area contributed by atoms with Crippen LogP contribution >= 0.6 is 23.5 Å². The van der Waals surface area contributed by atoms with E-state index in [1.807, 2.05) is 0 Å². The molecule has 0 spiro atoms. The molecule has 0 amide bonds. The Balaban J connectivity index is 2.52. The Morgan fingerprint density at radius 2 is 1.21 bits per heavy atom.